The van der Waals surface area contributed by atoms with E-state index in [1.54, 1.807) is 0 Å². The minimum absolute atomic E-state index is 0.0397. The molecule has 0 atom stereocenters. The van der Waals surface area contributed by atoms with Crippen LogP contribution in [0.5, 0.6) is 0 Å². The monoisotopic (exact) mass is 342 g/mol. The summed E-state index contributed by atoms with van der Waals surface area (Å²) in [5, 5.41) is 0. The zero-order valence-electron chi connectivity index (χ0n) is 11.5. The molecule has 0 saturated heterocycles. The molecule has 0 rings (SSSR count). The zero-order valence-corrected chi connectivity index (χ0v) is 14.8. The quantitative estimate of drug-likeness (QED) is 0.428. The molecule has 4 nitrogen and oxygen atoms in total. The zero-order chi connectivity index (χ0) is 15.0. The summed E-state index contributed by atoms with van der Waals surface area (Å²) in [5.41, 5.74) is 0. The smallest absolute Gasteiger partial charge is 0.330 e. The van der Waals surface area contributed by atoms with E-state index in [-0.39, 0.29) is 21.0 Å². The summed E-state index contributed by atoms with van der Waals surface area (Å²) in [6, 6.07) is 0. The molecule has 0 saturated carbocycles. The third-order valence-electron chi connectivity index (χ3n) is 1.46. The Morgan fingerprint density at radius 3 is 1.58 bits per heavy atom. The number of carbonyl (C=O) groups excluding carboxylic acids is 1. The van der Waals surface area contributed by atoms with Crippen LogP contribution < -0.4 is 0 Å². The first-order valence-corrected chi connectivity index (χ1v) is 8.16. The summed E-state index contributed by atoms with van der Waals surface area (Å²) in [7, 11) is 1.31. The maximum Gasteiger partial charge on any atom is 0.330 e. The molecule has 0 radical (unpaired) electrons. The van der Waals surface area contributed by atoms with Gasteiger partial charge >= 0.3 is 5.97 Å². The molecule has 0 aromatic heterocycles. The molecule has 0 amide bonds. The number of carbonyl (C=O) groups is 1. The Morgan fingerprint density at radius 2 is 1.32 bits per heavy atom. The van der Waals surface area contributed by atoms with E-state index in [9.17, 15) is 4.79 Å². The lowest BCUT2D eigenvalue weighted by Gasteiger charge is -2.17. The van der Waals surface area contributed by atoms with Gasteiger partial charge in [-0.1, -0.05) is 0 Å². The van der Waals surface area contributed by atoms with Gasteiger partial charge in [0.2, 0.25) is 8.77 Å². The fourth-order valence-electron chi connectivity index (χ4n) is 0.832. The maximum atomic E-state index is 11.7. The van der Waals surface area contributed by atoms with Crippen molar-refractivity contribution in [2.45, 2.75) is 44.5 Å². The van der Waals surface area contributed by atoms with Crippen LogP contribution in [0, 0.1) is 0 Å². The highest BCUT2D eigenvalue weighted by Gasteiger charge is 2.26. The number of methoxy groups -OCH3 is 1. The third kappa shape index (κ3) is 9.48. The van der Waals surface area contributed by atoms with Crippen molar-refractivity contribution >= 4 is 62.7 Å². The molecule has 0 aliphatic rings. The number of hydrogen-bond donors (Lipinski definition) is 0. The highest BCUT2D eigenvalue weighted by molar-refractivity contribution is 8.36. The van der Waals surface area contributed by atoms with E-state index in [0.29, 0.717) is 0 Å². The molecule has 0 aliphatic heterocycles. The standard InChI is InChI=1S/C11H18O4S4/c1-6(2)14-10(16)18-9(8(12)13-5)19-11(17)15-7(3)4/h6-7,9H,1-5H3. The topological polar surface area (TPSA) is 44.8 Å². The third-order valence-corrected chi connectivity index (χ3v) is 4.20. The Labute approximate surface area is 133 Å². The molecular weight excluding hydrogens is 324 g/mol. The first kappa shape index (κ1) is 18.9. The second-order valence-corrected chi connectivity index (χ2v) is 7.64. The van der Waals surface area contributed by atoms with Crippen LogP contribution >= 0.6 is 48.0 Å². The summed E-state index contributed by atoms with van der Waals surface area (Å²) in [4.78, 5) is 11.7. The number of thioether (sulfide) groups is 2. The van der Waals surface area contributed by atoms with E-state index in [0.717, 1.165) is 23.5 Å². The van der Waals surface area contributed by atoms with Crippen molar-refractivity contribution < 1.29 is 19.0 Å². The minimum Gasteiger partial charge on any atom is -0.476 e. The van der Waals surface area contributed by atoms with Crippen LogP contribution in [-0.4, -0.2) is 38.6 Å². The molecule has 0 spiro atoms. The average molecular weight is 343 g/mol. The first-order chi connectivity index (χ1) is 8.76. The van der Waals surface area contributed by atoms with Gasteiger partial charge in [0, 0.05) is 0 Å². The lowest BCUT2D eigenvalue weighted by atomic mass is 10.5. The highest BCUT2D eigenvalue weighted by Crippen LogP contribution is 2.29. The van der Waals surface area contributed by atoms with Gasteiger partial charge in [-0.3, -0.25) is 0 Å². The van der Waals surface area contributed by atoms with Crippen LogP contribution in [0.4, 0.5) is 0 Å². The molecule has 0 bridgehead atoms. The van der Waals surface area contributed by atoms with Gasteiger partial charge in [0.05, 0.1) is 19.3 Å². The Morgan fingerprint density at radius 1 is 0.947 bits per heavy atom. The van der Waals surface area contributed by atoms with E-state index < -0.39 is 10.6 Å². The predicted octanol–water partition coefficient (Wildman–Crippen LogP) is 3.37. The molecule has 0 fully saturated rings. The van der Waals surface area contributed by atoms with Crippen LogP contribution in [-0.2, 0) is 19.0 Å². The Bertz CT molecular complexity index is 307. The number of rotatable bonds is 5. The highest BCUT2D eigenvalue weighted by atomic mass is 32.2. The van der Waals surface area contributed by atoms with Crippen molar-refractivity contribution in [3.8, 4) is 0 Å². The van der Waals surface area contributed by atoms with Crippen molar-refractivity contribution in [2.75, 3.05) is 7.11 Å². The molecule has 0 heterocycles. The van der Waals surface area contributed by atoms with Crippen LogP contribution in [0.1, 0.15) is 27.7 Å². The average Bonchev–Trinajstić information content (AvgIpc) is 2.24. The van der Waals surface area contributed by atoms with Gasteiger partial charge in [-0.05, 0) is 75.7 Å². The van der Waals surface area contributed by atoms with Gasteiger partial charge in [-0.15, -0.1) is 0 Å². The number of hydrogen-bond acceptors (Lipinski definition) is 8. The summed E-state index contributed by atoms with van der Waals surface area (Å²) >= 11 is 12.3. The molecule has 0 N–H and O–H groups in total. The van der Waals surface area contributed by atoms with E-state index >= 15 is 0 Å². The Hall–Kier alpha value is -0.0500. The van der Waals surface area contributed by atoms with E-state index in [1.165, 1.54) is 7.11 Å². The molecule has 8 heteroatoms. The van der Waals surface area contributed by atoms with Gasteiger partial charge in [-0.2, -0.15) is 0 Å². The molecule has 0 aliphatic carbocycles. The molecule has 0 aromatic rings. The van der Waals surface area contributed by atoms with E-state index in [2.05, 4.69) is 0 Å². The number of esters is 1. The van der Waals surface area contributed by atoms with Gasteiger partial charge in [-0.25, -0.2) is 4.79 Å². The number of ether oxygens (including phenoxy) is 3. The Kier molecular flexibility index (Phi) is 9.77. The van der Waals surface area contributed by atoms with Crippen molar-refractivity contribution in [1.82, 2.24) is 0 Å². The summed E-state index contributed by atoms with van der Waals surface area (Å²) in [5.74, 6) is -0.431. The fraction of sp³-hybridized carbons (Fsp3) is 0.727. The largest absolute Gasteiger partial charge is 0.476 e. The Balaban J connectivity index is 4.51. The molecule has 0 unspecified atom stereocenters. The predicted molar refractivity (Wildman–Crippen MR) is 88.6 cm³/mol. The molecule has 19 heavy (non-hydrogen) atoms. The van der Waals surface area contributed by atoms with E-state index in [1.807, 2.05) is 27.7 Å². The second kappa shape index (κ2) is 9.79. The molecular formula is C11H18O4S4. The second-order valence-electron chi connectivity index (χ2n) is 3.92. The van der Waals surface area contributed by atoms with Gasteiger partial charge in [0.1, 0.15) is 0 Å². The fourth-order valence-corrected chi connectivity index (χ4v) is 4.11. The summed E-state index contributed by atoms with van der Waals surface area (Å²) < 4.78 is 15.3. The first-order valence-electron chi connectivity index (χ1n) is 5.58. The van der Waals surface area contributed by atoms with Crippen molar-refractivity contribution in [2.24, 2.45) is 0 Å². The van der Waals surface area contributed by atoms with Crippen LogP contribution in [0.2, 0.25) is 0 Å². The van der Waals surface area contributed by atoms with E-state index in [4.69, 9.17) is 38.6 Å². The SMILES string of the molecule is COC(=O)C(SC(=S)OC(C)C)SC(=S)OC(C)C. The van der Waals surface area contributed by atoms with Crippen molar-refractivity contribution in [1.29, 1.82) is 0 Å². The van der Waals surface area contributed by atoms with Gasteiger partial charge < -0.3 is 14.2 Å². The van der Waals surface area contributed by atoms with Crippen LogP contribution in [0.3, 0.4) is 0 Å². The van der Waals surface area contributed by atoms with Gasteiger partial charge in [0.15, 0.2) is 4.58 Å². The van der Waals surface area contributed by atoms with Gasteiger partial charge in [0.25, 0.3) is 0 Å². The number of thiocarbonyl (C=S) groups is 2. The summed E-state index contributed by atoms with van der Waals surface area (Å²) in [6.07, 6.45) is -0.0793. The maximum absolute atomic E-state index is 11.7. The molecule has 110 valence electrons. The minimum atomic E-state index is -0.623. The molecule has 0 aromatic carbocycles. The van der Waals surface area contributed by atoms with Crippen molar-refractivity contribution in [3.05, 3.63) is 0 Å². The lowest BCUT2D eigenvalue weighted by Crippen LogP contribution is -2.21. The van der Waals surface area contributed by atoms with Crippen LogP contribution in [0.25, 0.3) is 0 Å². The summed E-state index contributed by atoms with van der Waals surface area (Å²) in [6.45, 7) is 7.44. The van der Waals surface area contributed by atoms with Crippen molar-refractivity contribution in [3.63, 3.8) is 0 Å². The lowest BCUT2D eigenvalue weighted by molar-refractivity contribution is -0.138. The van der Waals surface area contributed by atoms with Crippen LogP contribution in [0.15, 0.2) is 0 Å². The normalized spacial score (nSPS) is 10.7.